The molecular formula is C108H74N2O3. The second-order valence-corrected chi connectivity index (χ2v) is 31.4. The fourth-order valence-electron chi connectivity index (χ4n) is 18.5. The van der Waals surface area contributed by atoms with E-state index in [1.165, 1.54) is 66.8 Å². The molecule has 5 heteroatoms. The van der Waals surface area contributed by atoms with Crippen LogP contribution in [0.15, 0.2) is 389 Å². The molecule has 0 saturated carbocycles. The van der Waals surface area contributed by atoms with Gasteiger partial charge in [-0.1, -0.05) is 301 Å². The van der Waals surface area contributed by atoms with Gasteiger partial charge in [0.1, 0.15) is 33.5 Å². The molecule has 20 aromatic rings. The van der Waals surface area contributed by atoms with Crippen LogP contribution in [0.2, 0.25) is 0 Å². The van der Waals surface area contributed by atoms with Gasteiger partial charge in [0, 0.05) is 99.5 Å². The van der Waals surface area contributed by atoms with Crippen molar-refractivity contribution < 1.29 is 13.3 Å². The van der Waals surface area contributed by atoms with Gasteiger partial charge in [0.2, 0.25) is 0 Å². The van der Waals surface area contributed by atoms with Crippen molar-refractivity contribution in [3.63, 3.8) is 0 Å². The van der Waals surface area contributed by atoms with Gasteiger partial charge in [0.25, 0.3) is 0 Å². The molecule has 3 heterocycles. The highest BCUT2D eigenvalue weighted by Crippen LogP contribution is 2.56. The quantitative estimate of drug-likeness (QED) is 0.115. The molecule has 0 spiro atoms. The third-order valence-electron chi connectivity index (χ3n) is 24.3. The standard InChI is InChI=1S/C108H74N2O3/c1-107(2)96-30-14-11-25-93(96)102-97(107)62-61-92-91-29-18-27-85(104(91)113-106(92)102)74-43-54-82(55-44-74)110(81-50-37-71(38-51-81)68-21-9-6-10-22-68)83-58-60-87-86-59-47-76(65-98(86)108(3,4)99(87)66-83)77-63-94(105-95(64-77)89-24-13-16-32-101(89)112-105)75-45-56-80(57-46-75)109(78-48-39-72(40-49-78)70-35-33-69(34-36-70)67-19-7-5-8-20-67)79-52-41-73(42-53-79)84-26-17-28-90-88-23-12-15-31-100(88)111-103(84)90/h5-66H,1-4H3. The number of nitrogens with zero attached hydrogens (tertiary/aromatic N) is 2. The van der Waals surface area contributed by atoms with Crippen LogP contribution in [0.4, 0.5) is 34.1 Å². The van der Waals surface area contributed by atoms with Gasteiger partial charge in [0.15, 0.2) is 0 Å². The Labute approximate surface area is 655 Å². The van der Waals surface area contributed by atoms with Crippen molar-refractivity contribution >= 4 is 99.9 Å². The fourth-order valence-corrected chi connectivity index (χ4v) is 18.5. The summed E-state index contributed by atoms with van der Waals surface area (Å²) < 4.78 is 20.6. The Kier molecular flexibility index (Phi) is 14.9. The number of anilines is 6. The molecule has 0 bridgehead atoms. The summed E-state index contributed by atoms with van der Waals surface area (Å²) in [5.74, 6) is 0. The van der Waals surface area contributed by atoms with Crippen LogP contribution < -0.4 is 9.80 Å². The predicted octanol–water partition coefficient (Wildman–Crippen LogP) is 30.6. The molecule has 22 rings (SSSR count). The maximum absolute atomic E-state index is 7.13. The van der Waals surface area contributed by atoms with Crippen LogP contribution in [0.3, 0.4) is 0 Å². The van der Waals surface area contributed by atoms with Crippen molar-refractivity contribution in [3.8, 4) is 100 Å². The lowest BCUT2D eigenvalue weighted by Crippen LogP contribution is -2.16. The highest BCUT2D eigenvalue weighted by molar-refractivity contribution is 6.16. The maximum Gasteiger partial charge on any atom is 0.143 e. The molecule has 0 fully saturated rings. The topological polar surface area (TPSA) is 45.9 Å². The summed E-state index contributed by atoms with van der Waals surface area (Å²) in [6.07, 6.45) is 0. The van der Waals surface area contributed by atoms with Crippen molar-refractivity contribution in [3.05, 3.63) is 398 Å². The molecule has 0 N–H and O–H groups in total. The van der Waals surface area contributed by atoms with E-state index in [0.29, 0.717) is 0 Å². The van der Waals surface area contributed by atoms with E-state index in [1.807, 2.05) is 12.1 Å². The van der Waals surface area contributed by atoms with E-state index in [-0.39, 0.29) is 10.8 Å². The number of hydrogen-bond acceptors (Lipinski definition) is 5. The van der Waals surface area contributed by atoms with E-state index in [0.717, 1.165) is 156 Å². The largest absolute Gasteiger partial charge is 0.455 e. The zero-order valence-electron chi connectivity index (χ0n) is 62.9. The summed E-state index contributed by atoms with van der Waals surface area (Å²) in [5.41, 5.74) is 37.1. The predicted molar refractivity (Wildman–Crippen MR) is 471 cm³/mol. The number of furan rings is 3. The zero-order chi connectivity index (χ0) is 75.2. The summed E-state index contributed by atoms with van der Waals surface area (Å²) >= 11 is 0. The van der Waals surface area contributed by atoms with E-state index < -0.39 is 0 Å². The third kappa shape index (κ3) is 10.7. The first kappa shape index (κ1) is 65.8. The monoisotopic (exact) mass is 1450 g/mol. The van der Waals surface area contributed by atoms with Gasteiger partial charge in [-0.05, 0) is 203 Å². The number of para-hydroxylation sites is 4. The van der Waals surface area contributed by atoms with E-state index in [2.05, 4.69) is 401 Å². The molecule has 5 nitrogen and oxygen atoms in total. The average molecular weight is 1450 g/mol. The van der Waals surface area contributed by atoms with Crippen molar-refractivity contribution in [2.45, 2.75) is 38.5 Å². The molecule has 3 aromatic heterocycles. The Morgan fingerprint density at radius 1 is 0.186 bits per heavy atom. The lowest BCUT2D eigenvalue weighted by Gasteiger charge is -2.28. The van der Waals surface area contributed by atoms with Crippen LogP contribution in [0, 0.1) is 0 Å². The summed E-state index contributed by atoms with van der Waals surface area (Å²) in [4.78, 5) is 4.77. The van der Waals surface area contributed by atoms with Crippen LogP contribution in [0.5, 0.6) is 0 Å². The summed E-state index contributed by atoms with van der Waals surface area (Å²) in [7, 11) is 0. The molecular weight excluding hydrogens is 1370 g/mol. The lowest BCUT2D eigenvalue weighted by atomic mass is 9.81. The first-order chi connectivity index (χ1) is 55.5. The van der Waals surface area contributed by atoms with E-state index in [9.17, 15) is 0 Å². The van der Waals surface area contributed by atoms with Gasteiger partial charge in [-0.2, -0.15) is 0 Å². The molecule has 113 heavy (non-hydrogen) atoms. The molecule has 0 unspecified atom stereocenters. The normalized spacial score (nSPS) is 13.1. The second-order valence-electron chi connectivity index (χ2n) is 31.4. The Morgan fingerprint density at radius 2 is 0.549 bits per heavy atom. The Bertz CT molecular complexity index is 7170. The Balaban J connectivity index is 0.607. The van der Waals surface area contributed by atoms with Crippen molar-refractivity contribution in [2.24, 2.45) is 0 Å². The van der Waals surface area contributed by atoms with Gasteiger partial charge in [-0.15, -0.1) is 0 Å². The number of fused-ring (bicyclic) bond motifs is 16. The third-order valence-corrected chi connectivity index (χ3v) is 24.3. The van der Waals surface area contributed by atoms with Crippen LogP contribution >= 0.6 is 0 Å². The highest BCUT2D eigenvalue weighted by Gasteiger charge is 2.39. The number of rotatable bonds is 13. The first-order valence-electron chi connectivity index (χ1n) is 39.1. The van der Waals surface area contributed by atoms with Crippen molar-refractivity contribution in [2.75, 3.05) is 9.80 Å². The van der Waals surface area contributed by atoms with Crippen molar-refractivity contribution in [1.29, 1.82) is 0 Å². The van der Waals surface area contributed by atoms with Gasteiger partial charge in [-0.25, -0.2) is 0 Å². The lowest BCUT2D eigenvalue weighted by molar-refractivity contribution is 0.653. The van der Waals surface area contributed by atoms with Gasteiger partial charge in [-0.3, -0.25) is 0 Å². The molecule has 0 saturated heterocycles. The minimum atomic E-state index is -0.360. The minimum absolute atomic E-state index is 0.126. The first-order valence-corrected chi connectivity index (χ1v) is 39.1. The zero-order valence-corrected chi connectivity index (χ0v) is 62.9. The Hall–Kier alpha value is -14.3. The molecule has 17 aromatic carbocycles. The van der Waals surface area contributed by atoms with E-state index in [4.69, 9.17) is 13.3 Å². The fraction of sp³-hybridized carbons (Fsp3) is 0.0556. The van der Waals surface area contributed by atoms with Gasteiger partial charge < -0.3 is 23.1 Å². The van der Waals surface area contributed by atoms with Crippen LogP contribution in [-0.4, -0.2) is 0 Å². The average Bonchev–Trinajstić information content (AvgIpc) is 1.57. The van der Waals surface area contributed by atoms with E-state index in [1.54, 1.807) is 0 Å². The SMILES string of the molecule is CC1(C)c2cc(-c3cc(-c4ccc(N(c5ccc(-c6ccc(-c7ccccc7)cc6)cc5)c5ccc(-c6cccc7c6oc6ccccc67)cc5)cc4)c4oc5ccccc5c4c3)ccc2-c2ccc(N(c3ccc(-c4ccccc4)cc3)c3ccc(-c4cccc5c4oc4c6c(ccc45)C(C)(C)c4ccccc4-6)cc3)cc21. The summed E-state index contributed by atoms with van der Waals surface area (Å²) in [6.45, 7) is 9.44. The van der Waals surface area contributed by atoms with Gasteiger partial charge in [0.05, 0.1) is 0 Å². The van der Waals surface area contributed by atoms with Gasteiger partial charge >= 0.3 is 0 Å². The molecule has 0 amide bonds. The molecule has 0 atom stereocenters. The Morgan fingerprint density at radius 3 is 1.10 bits per heavy atom. The molecule has 0 radical (unpaired) electrons. The maximum atomic E-state index is 7.13. The van der Waals surface area contributed by atoms with Crippen LogP contribution in [-0.2, 0) is 10.8 Å². The molecule has 2 aliphatic rings. The highest BCUT2D eigenvalue weighted by atomic mass is 16.3. The summed E-state index contributed by atoms with van der Waals surface area (Å²) in [5, 5.41) is 6.66. The van der Waals surface area contributed by atoms with Crippen LogP contribution in [0.1, 0.15) is 49.9 Å². The van der Waals surface area contributed by atoms with Crippen LogP contribution in [0.25, 0.3) is 166 Å². The van der Waals surface area contributed by atoms with E-state index >= 15 is 0 Å². The summed E-state index contributed by atoms with van der Waals surface area (Å²) in [6, 6.07) is 137. The minimum Gasteiger partial charge on any atom is -0.455 e. The van der Waals surface area contributed by atoms with Crippen molar-refractivity contribution in [1.82, 2.24) is 0 Å². The second kappa shape index (κ2) is 25.7. The molecule has 0 aliphatic heterocycles. The molecule has 2 aliphatic carbocycles. The number of hydrogen-bond donors (Lipinski definition) is 0. The molecule has 534 valence electrons. The number of benzene rings is 17. The smallest absolute Gasteiger partial charge is 0.143 e.